The second-order valence-electron chi connectivity index (χ2n) is 4.56. The summed E-state index contributed by atoms with van der Waals surface area (Å²) in [4.78, 5) is 21.8. The van der Waals surface area contributed by atoms with Gasteiger partial charge in [0.15, 0.2) is 0 Å². The largest absolute Gasteiger partial charge is 0.480 e. The van der Waals surface area contributed by atoms with E-state index in [0.717, 1.165) is 0 Å². The van der Waals surface area contributed by atoms with Gasteiger partial charge in [-0.25, -0.2) is 9.59 Å². The van der Waals surface area contributed by atoms with Gasteiger partial charge in [0.2, 0.25) is 0 Å². The summed E-state index contributed by atoms with van der Waals surface area (Å²) in [5.74, 6) is -1.11. The van der Waals surface area contributed by atoms with Crippen LogP contribution in [0.15, 0.2) is 0 Å². The van der Waals surface area contributed by atoms with Crippen molar-refractivity contribution in [3.05, 3.63) is 0 Å². The first-order chi connectivity index (χ1) is 6.04. The summed E-state index contributed by atoms with van der Waals surface area (Å²) in [5, 5.41) is 11.0. The molecule has 5 nitrogen and oxygen atoms in total. The maximum atomic E-state index is 11.2. The van der Waals surface area contributed by atoms with Crippen molar-refractivity contribution < 1.29 is 41.8 Å². The minimum atomic E-state index is -1.32. The first-order valence-corrected chi connectivity index (χ1v) is 4.29. The normalized spacial score (nSPS) is 11.3. The minimum Gasteiger partial charge on any atom is -0.480 e. The van der Waals surface area contributed by atoms with Gasteiger partial charge in [0.1, 0.15) is 11.1 Å². The maximum absolute atomic E-state index is 11.2. The number of ether oxygens (including phenoxy) is 1. The van der Waals surface area contributed by atoms with Crippen molar-refractivity contribution in [3.63, 3.8) is 0 Å². The zero-order valence-corrected chi connectivity index (χ0v) is 11.0. The molecule has 0 aromatic rings. The van der Waals surface area contributed by atoms with Crippen molar-refractivity contribution in [2.24, 2.45) is 0 Å². The fourth-order valence-electron chi connectivity index (χ4n) is 0.612. The van der Waals surface area contributed by atoms with Crippen molar-refractivity contribution in [2.75, 3.05) is 0 Å². The number of carbonyl (C=O) groups excluding carboxylic acids is 1. The number of carbonyl (C=O) groups is 2. The molecule has 0 rings (SSSR count). The molecule has 0 saturated carbocycles. The summed E-state index contributed by atoms with van der Waals surface area (Å²) < 4.78 is 4.91. The van der Waals surface area contributed by atoms with E-state index in [4.69, 9.17) is 9.84 Å². The van der Waals surface area contributed by atoms with E-state index in [0.29, 0.717) is 0 Å². The molecule has 15 heavy (non-hydrogen) atoms. The molecule has 0 aromatic heterocycles. The molecule has 2 N–H and O–H groups in total. The number of amides is 1. The molecule has 93 valence electrons. The van der Waals surface area contributed by atoms with Crippen LogP contribution >= 0.6 is 0 Å². The molecule has 0 aliphatic carbocycles. The molecule has 0 heterocycles. The van der Waals surface area contributed by atoms with Crippen molar-refractivity contribution in [1.29, 1.82) is 0 Å². The predicted octanol–water partition coefficient (Wildman–Crippen LogP) is 1.37. The second kappa shape index (κ2) is 5.53. The van der Waals surface area contributed by atoms with Gasteiger partial charge in [-0.2, -0.15) is 0 Å². The number of aliphatic carboxylic acids is 1. The molecule has 0 aromatic carbocycles. The van der Waals surface area contributed by atoms with E-state index >= 15 is 0 Å². The van der Waals surface area contributed by atoms with Gasteiger partial charge in [0.05, 0.1) is 0 Å². The van der Waals surface area contributed by atoms with Crippen LogP contribution in [0.5, 0.6) is 0 Å². The van der Waals surface area contributed by atoms with Crippen molar-refractivity contribution in [3.8, 4) is 0 Å². The molecular formula is C9H17AgNO4. The van der Waals surface area contributed by atoms with Crippen molar-refractivity contribution in [1.82, 2.24) is 5.32 Å². The van der Waals surface area contributed by atoms with Gasteiger partial charge >= 0.3 is 12.1 Å². The third kappa shape index (κ3) is 7.41. The summed E-state index contributed by atoms with van der Waals surface area (Å²) in [6, 6.07) is 0. The molecule has 1 amide bonds. The van der Waals surface area contributed by atoms with Gasteiger partial charge in [-0.05, 0) is 34.6 Å². The topological polar surface area (TPSA) is 75.6 Å². The van der Waals surface area contributed by atoms with E-state index in [2.05, 4.69) is 5.32 Å². The first-order valence-electron chi connectivity index (χ1n) is 4.29. The molecule has 0 spiro atoms. The molecule has 6 heteroatoms. The standard InChI is InChI=1S/C9H17NO4.Ag/c1-8(2,3)14-7(13)10-9(4,5)6(11)12;/h1-5H3,(H,10,13)(H,11,12);. The van der Waals surface area contributed by atoms with Crippen LogP contribution in [0, 0.1) is 0 Å². The Morgan fingerprint density at radius 1 is 1.13 bits per heavy atom. The van der Waals surface area contributed by atoms with Gasteiger partial charge in [-0.1, -0.05) is 0 Å². The van der Waals surface area contributed by atoms with Crippen LogP contribution in [0.25, 0.3) is 0 Å². The smallest absolute Gasteiger partial charge is 0.408 e. The van der Waals surface area contributed by atoms with E-state index in [1.54, 1.807) is 20.8 Å². The molecule has 0 unspecified atom stereocenters. The average Bonchev–Trinajstić information content (AvgIpc) is 1.79. The number of alkyl carbamates (subject to hydrolysis) is 1. The van der Waals surface area contributed by atoms with E-state index < -0.39 is 23.2 Å². The summed E-state index contributed by atoms with van der Waals surface area (Å²) in [7, 11) is 0. The van der Waals surface area contributed by atoms with Crippen LogP contribution < -0.4 is 5.32 Å². The summed E-state index contributed by atoms with van der Waals surface area (Å²) in [6.45, 7) is 7.90. The summed E-state index contributed by atoms with van der Waals surface area (Å²) in [5.41, 5.74) is -1.94. The van der Waals surface area contributed by atoms with Crippen molar-refractivity contribution >= 4 is 12.1 Å². The number of hydrogen-bond acceptors (Lipinski definition) is 3. The quantitative estimate of drug-likeness (QED) is 0.755. The Morgan fingerprint density at radius 2 is 1.53 bits per heavy atom. The Morgan fingerprint density at radius 3 is 1.80 bits per heavy atom. The molecule has 0 saturated heterocycles. The zero-order chi connectivity index (χ0) is 11.6. The van der Waals surface area contributed by atoms with E-state index in [-0.39, 0.29) is 22.4 Å². The van der Waals surface area contributed by atoms with Gasteiger partial charge in [0, 0.05) is 22.4 Å². The van der Waals surface area contributed by atoms with Gasteiger partial charge < -0.3 is 15.2 Å². The van der Waals surface area contributed by atoms with Crippen LogP contribution in [0.2, 0.25) is 0 Å². The van der Waals surface area contributed by atoms with Crippen LogP contribution in [-0.2, 0) is 31.9 Å². The maximum Gasteiger partial charge on any atom is 0.408 e. The van der Waals surface area contributed by atoms with Gasteiger partial charge in [0.25, 0.3) is 0 Å². The van der Waals surface area contributed by atoms with Crippen LogP contribution in [0.3, 0.4) is 0 Å². The Kier molecular flexibility index (Phi) is 6.23. The molecule has 0 aliphatic rings. The van der Waals surface area contributed by atoms with Gasteiger partial charge in [-0.3, -0.25) is 0 Å². The predicted molar refractivity (Wildman–Crippen MR) is 51.1 cm³/mol. The SMILES string of the molecule is CC(C)(C)OC(=O)NC(C)(C)C(=O)O.[Ag]. The summed E-state index contributed by atoms with van der Waals surface area (Å²) >= 11 is 0. The number of nitrogens with one attached hydrogen (secondary N) is 1. The Labute approximate surface area is 105 Å². The molecule has 0 aliphatic heterocycles. The zero-order valence-electron chi connectivity index (χ0n) is 9.47. The monoisotopic (exact) mass is 310 g/mol. The Bertz CT molecular complexity index is 245. The number of carboxylic acids is 1. The van der Waals surface area contributed by atoms with Crippen LogP contribution in [0.4, 0.5) is 4.79 Å². The van der Waals surface area contributed by atoms with Crippen LogP contribution in [-0.4, -0.2) is 28.3 Å². The minimum absolute atomic E-state index is 0. The first kappa shape index (κ1) is 16.9. The molecule has 1 radical (unpaired) electrons. The molecule has 0 bridgehead atoms. The second-order valence-corrected chi connectivity index (χ2v) is 4.56. The van der Waals surface area contributed by atoms with Crippen molar-refractivity contribution in [2.45, 2.75) is 45.8 Å². The Hall–Kier alpha value is -0.520. The fraction of sp³-hybridized carbons (Fsp3) is 0.778. The number of rotatable bonds is 2. The molecular weight excluding hydrogens is 294 g/mol. The van der Waals surface area contributed by atoms with E-state index in [1.807, 2.05) is 0 Å². The fourth-order valence-corrected chi connectivity index (χ4v) is 0.612. The number of hydrogen-bond donors (Lipinski definition) is 2. The molecule has 0 atom stereocenters. The summed E-state index contributed by atoms with van der Waals surface area (Å²) in [6.07, 6.45) is -0.732. The van der Waals surface area contributed by atoms with Crippen LogP contribution in [0.1, 0.15) is 34.6 Å². The van der Waals surface area contributed by atoms with E-state index in [1.165, 1.54) is 13.8 Å². The van der Waals surface area contributed by atoms with Gasteiger partial charge in [-0.15, -0.1) is 0 Å². The number of carboxylic acid groups (broad SMARTS) is 1. The average molecular weight is 311 g/mol. The van der Waals surface area contributed by atoms with E-state index in [9.17, 15) is 9.59 Å². The Balaban J connectivity index is 0. The third-order valence-corrected chi connectivity index (χ3v) is 1.35. The third-order valence-electron chi connectivity index (χ3n) is 1.35. The molecule has 0 fully saturated rings.